The van der Waals surface area contributed by atoms with Crippen LogP contribution in [0, 0.1) is 18.8 Å². The molecule has 0 radical (unpaired) electrons. The Morgan fingerprint density at radius 1 is 1.35 bits per heavy atom. The number of nitrogens with one attached hydrogen (secondary N) is 1. The summed E-state index contributed by atoms with van der Waals surface area (Å²) in [5.41, 5.74) is 0.858. The van der Waals surface area contributed by atoms with Crippen LogP contribution in [0.5, 0.6) is 5.75 Å². The van der Waals surface area contributed by atoms with Gasteiger partial charge in [0.15, 0.2) is 0 Å². The van der Waals surface area contributed by atoms with Crippen molar-refractivity contribution in [1.82, 2.24) is 15.2 Å². The van der Waals surface area contributed by atoms with Crippen molar-refractivity contribution in [2.45, 2.75) is 12.1 Å². The smallest absolute Gasteiger partial charge is 0.208 e. The largest absolute Gasteiger partial charge is 0.493 e. The van der Waals surface area contributed by atoms with Crippen molar-refractivity contribution in [3.05, 3.63) is 35.7 Å². The number of aliphatic hydroxyl groups excluding tert-OH is 1. The fraction of sp³-hybridized carbons (Fsp3) is 0.286. The first kappa shape index (κ1) is 14.4. The summed E-state index contributed by atoms with van der Waals surface area (Å²) in [7, 11) is 0. The number of rotatable bonds is 5. The second kappa shape index (κ2) is 7.58. The highest BCUT2D eigenvalue weighted by Crippen LogP contribution is 2.14. The van der Waals surface area contributed by atoms with Gasteiger partial charge in [-0.1, -0.05) is 23.6 Å². The molecule has 0 fully saturated rings. The summed E-state index contributed by atoms with van der Waals surface area (Å²) in [6, 6.07) is 7.46. The molecule has 6 heteroatoms. The lowest BCUT2D eigenvalue weighted by Gasteiger charge is -2.04. The van der Waals surface area contributed by atoms with E-state index in [0.29, 0.717) is 6.61 Å². The normalized spacial score (nSPS) is 9.90. The second-order valence-corrected chi connectivity index (χ2v) is 4.95. The van der Waals surface area contributed by atoms with Gasteiger partial charge in [0.25, 0.3) is 0 Å². The number of ether oxygens (including phenoxy) is 1. The van der Waals surface area contributed by atoms with Crippen molar-refractivity contribution < 1.29 is 9.84 Å². The molecule has 0 saturated carbocycles. The lowest BCUT2D eigenvalue weighted by molar-refractivity contribution is 0.344. The third-order valence-corrected chi connectivity index (χ3v) is 3.14. The Balaban J connectivity index is 1.74. The Morgan fingerprint density at radius 2 is 2.15 bits per heavy atom. The van der Waals surface area contributed by atoms with Gasteiger partial charge in [-0.15, -0.1) is 5.10 Å². The molecule has 0 amide bonds. The average Bonchev–Trinajstić information content (AvgIpc) is 2.88. The summed E-state index contributed by atoms with van der Waals surface area (Å²) in [6.45, 7) is 2.32. The Labute approximate surface area is 121 Å². The standard InChI is InChI=1S/C14H15N3O2S/c1-11-15-14(17-16-11)20-10-9-19-13-6-4-12(5-7-13)3-2-8-18/h4-7,18H,8-10H2,1H3,(H,15,16,17). The summed E-state index contributed by atoms with van der Waals surface area (Å²) in [4.78, 5) is 4.20. The van der Waals surface area contributed by atoms with Crippen LogP contribution in [-0.4, -0.2) is 39.3 Å². The summed E-state index contributed by atoms with van der Waals surface area (Å²) in [5.74, 6) is 7.83. The van der Waals surface area contributed by atoms with Crippen molar-refractivity contribution in [2.24, 2.45) is 0 Å². The Hall–Kier alpha value is -1.97. The monoisotopic (exact) mass is 289 g/mol. The lowest BCUT2D eigenvalue weighted by atomic mass is 10.2. The SMILES string of the molecule is Cc1nc(SCCOc2ccc(C#CCO)cc2)n[nH]1. The molecule has 2 N–H and O–H groups in total. The van der Waals surface area contributed by atoms with E-state index in [0.717, 1.165) is 28.0 Å². The summed E-state index contributed by atoms with van der Waals surface area (Å²) < 4.78 is 5.61. The highest BCUT2D eigenvalue weighted by Gasteiger charge is 2.00. The van der Waals surface area contributed by atoms with Gasteiger partial charge in [0.1, 0.15) is 18.2 Å². The van der Waals surface area contributed by atoms with Gasteiger partial charge in [-0.25, -0.2) is 4.98 Å². The fourth-order valence-corrected chi connectivity index (χ4v) is 2.12. The highest BCUT2D eigenvalue weighted by molar-refractivity contribution is 7.99. The molecule has 5 nitrogen and oxygen atoms in total. The zero-order valence-electron chi connectivity index (χ0n) is 11.1. The Bertz CT molecular complexity index is 599. The van der Waals surface area contributed by atoms with E-state index < -0.39 is 0 Å². The first-order chi connectivity index (χ1) is 9.78. The molecule has 0 unspecified atom stereocenters. The maximum atomic E-state index is 8.61. The maximum Gasteiger partial charge on any atom is 0.208 e. The van der Waals surface area contributed by atoms with Crippen LogP contribution in [0.3, 0.4) is 0 Å². The van der Waals surface area contributed by atoms with Gasteiger partial charge in [0.2, 0.25) is 5.16 Å². The number of aromatic amines is 1. The van der Waals surface area contributed by atoms with Crippen LogP contribution in [-0.2, 0) is 0 Å². The van der Waals surface area contributed by atoms with Crippen molar-refractivity contribution in [3.63, 3.8) is 0 Å². The molecule has 20 heavy (non-hydrogen) atoms. The van der Waals surface area contributed by atoms with Crippen molar-refractivity contribution in [2.75, 3.05) is 19.0 Å². The van der Waals surface area contributed by atoms with E-state index in [-0.39, 0.29) is 6.61 Å². The van der Waals surface area contributed by atoms with E-state index in [2.05, 4.69) is 27.0 Å². The van der Waals surface area contributed by atoms with Crippen LogP contribution in [0.15, 0.2) is 29.4 Å². The number of aliphatic hydroxyl groups is 1. The molecular formula is C14H15N3O2S. The third-order valence-electron chi connectivity index (χ3n) is 2.33. The molecule has 0 aliphatic rings. The summed E-state index contributed by atoms with van der Waals surface area (Å²) in [5, 5.41) is 16.2. The van der Waals surface area contributed by atoms with Crippen LogP contribution in [0.25, 0.3) is 0 Å². The molecule has 2 aromatic rings. The lowest BCUT2D eigenvalue weighted by Crippen LogP contribution is -2.00. The predicted molar refractivity (Wildman–Crippen MR) is 77.7 cm³/mol. The maximum absolute atomic E-state index is 8.61. The van der Waals surface area contributed by atoms with Crippen molar-refractivity contribution >= 4 is 11.8 Å². The van der Waals surface area contributed by atoms with Crippen LogP contribution >= 0.6 is 11.8 Å². The van der Waals surface area contributed by atoms with E-state index in [9.17, 15) is 0 Å². The zero-order chi connectivity index (χ0) is 14.2. The molecule has 1 aromatic heterocycles. The number of H-pyrrole nitrogens is 1. The minimum Gasteiger partial charge on any atom is -0.493 e. The van der Waals surface area contributed by atoms with Gasteiger partial charge in [0.05, 0.1) is 6.61 Å². The summed E-state index contributed by atoms with van der Waals surface area (Å²) in [6.07, 6.45) is 0. The number of aromatic nitrogens is 3. The summed E-state index contributed by atoms with van der Waals surface area (Å²) >= 11 is 1.55. The molecule has 104 valence electrons. The van der Waals surface area contributed by atoms with Gasteiger partial charge in [0, 0.05) is 11.3 Å². The van der Waals surface area contributed by atoms with Crippen LogP contribution in [0.1, 0.15) is 11.4 Å². The number of benzene rings is 1. The van der Waals surface area contributed by atoms with E-state index in [4.69, 9.17) is 9.84 Å². The average molecular weight is 289 g/mol. The fourth-order valence-electron chi connectivity index (χ4n) is 1.46. The van der Waals surface area contributed by atoms with Crippen molar-refractivity contribution in [3.8, 4) is 17.6 Å². The Kier molecular flexibility index (Phi) is 5.47. The van der Waals surface area contributed by atoms with E-state index >= 15 is 0 Å². The third kappa shape index (κ3) is 4.61. The minimum absolute atomic E-state index is 0.129. The molecule has 0 aliphatic carbocycles. The highest BCUT2D eigenvalue weighted by atomic mass is 32.2. The van der Waals surface area contributed by atoms with Crippen LogP contribution in [0.2, 0.25) is 0 Å². The molecule has 0 bridgehead atoms. The van der Waals surface area contributed by atoms with Crippen LogP contribution < -0.4 is 4.74 Å². The molecule has 1 heterocycles. The number of thioether (sulfide) groups is 1. The molecule has 0 aliphatic heterocycles. The van der Waals surface area contributed by atoms with Crippen molar-refractivity contribution in [1.29, 1.82) is 0 Å². The molecule has 0 spiro atoms. The van der Waals surface area contributed by atoms with Gasteiger partial charge in [-0.2, -0.15) is 0 Å². The van der Waals surface area contributed by atoms with E-state index in [1.807, 2.05) is 31.2 Å². The first-order valence-electron chi connectivity index (χ1n) is 6.12. The molecule has 2 rings (SSSR count). The van der Waals surface area contributed by atoms with E-state index in [1.165, 1.54) is 0 Å². The number of aryl methyl sites for hydroxylation is 1. The Morgan fingerprint density at radius 3 is 2.80 bits per heavy atom. The molecular weight excluding hydrogens is 274 g/mol. The molecule has 0 atom stereocenters. The van der Waals surface area contributed by atoms with Crippen LogP contribution in [0.4, 0.5) is 0 Å². The molecule has 0 saturated heterocycles. The number of hydrogen-bond donors (Lipinski definition) is 2. The number of nitrogens with zero attached hydrogens (tertiary/aromatic N) is 2. The second-order valence-electron chi connectivity index (χ2n) is 3.88. The minimum atomic E-state index is -0.129. The van der Waals surface area contributed by atoms with E-state index in [1.54, 1.807) is 11.8 Å². The molecule has 1 aromatic carbocycles. The number of hydrogen-bond acceptors (Lipinski definition) is 5. The van der Waals surface area contributed by atoms with Gasteiger partial charge < -0.3 is 9.84 Å². The quantitative estimate of drug-likeness (QED) is 0.497. The van der Waals surface area contributed by atoms with Gasteiger partial charge in [-0.3, -0.25) is 5.10 Å². The van der Waals surface area contributed by atoms with Gasteiger partial charge in [-0.05, 0) is 31.2 Å². The van der Waals surface area contributed by atoms with Gasteiger partial charge >= 0.3 is 0 Å². The first-order valence-corrected chi connectivity index (χ1v) is 7.11. The topological polar surface area (TPSA) is 71.0 Å². The zero-order valence-corrected chi connectivity index (χ0v) is 11.9. The predicted octanol–water partition coefficient (Wildman–Crippen LogP) is 1.63.